The highest BCUT2D eigenvalue weighted by Gasteiger charge is 2.05. The van der Waals surface area contributed by atoms with Crippen molar-refractivity contribution in [3.05, 3.63) is 47.4 Å². The van der Waals surface area contributed by atoms with Crippen LogP contribution < -0.4 is 4.74 Å². The van der Waals surface area contributed by atoms with Crippen LogP contribution in [0.5, 0.6) is 11.6 Å². The van der Waals surface area contributed by atoms with E-state index in [1.807, 2.05) is 13.8 Å². The van der Waals surface area contributed by atoms with Crippen LogP contribution >= 0.6 is 0 Å². The molecular weight excluding hydrogens is 244 g/mol. The second-order valence-corrected chi connectivity index (χ2v) is 4.20. The Morgan fingerprint density at radius 2 is 2.11 bits per heavy atom. The first-order chi connectivity index (χ1) is 9.04. The number of ether oxygens (including phenoxy) is 1. The molecule has 0 fully saturated rings. The van der Waals surface area contributed by atoms with E-state index in [1.165, 1.54) is 0 Å². The zero-order valence-corrected chi connectivity index (χ0v) is 10.8. The first kappa shape index (κ1) is 13.0. The number of carboxylic acid groups (broad SMARTS) is 1. The van der Waals surface area contributed by atoms with Gasteiger partial charge in [0.2, 0.25) is 5.88 Å². The lowest BCUT2D eigenvalue weighted by atomic mass is 10.1. The van der Waals surface area contributed by atoms with Gasteiger partial charge in [0.05, 0.1) is 24.0 Å². The zero-order valence-electron chi connectivity index (χ0n) is 10.8. The molecule has 0 radical (unpaired) electrons. The predicted octanol–water partition coefficient (Wildman–Crippen LogP) is 2.51. The molecule has 5 heteroatoms. The maximum absolute atomic E-state index is 10.7. The van der Waals surface area contributed by atoms with Crippen molar-refractivity contribution in [2.45, 2.75) is 20.3 Å². The van der Waals surface area contributed by atoms with Gasteiger partial charge in [-0.2, -0.15) is 0 Å². The van der Waals surface area contributed by atoms with Crippen LogP contribution in [0.25, 0.3) is 0 Å². The summed E-state index contributed by atoms with van der Waals surface area (Å²) in [5.74, 6) is 0.0787. The van der Waals surface area contributed by atoms with Gasteiger partial charge in [-0.3, -0.25) is 9.78 Å². The van der Waals surface area contributed by atoms with E-state index in [2.05, 4.69) is 9.97 Å². The number of carboxylic acids is 1. The third kappa shape index (κ3) is 3.51. The summed E-state index contributed by atoms with van der Waals surface area (Å²) in [4.78, 5) is 19.1. The monoisotopic (exact) mass is 258 g/mol. The van der Waals surface area contributed by atoms with E-state index in [0.29, 0.717) is 17.2 Å². The van der Waals surface area contributed by atoms with Gasteiger partial charge in [0, 0.05) is 0 Å². The molecule has 1 aromatic carbocycles. The molecule has 2 aromatic rings. The van der Waals surface area contributed by atoms with Crippen molar-refractivity contribution >= 4 is 5.97 Å². The molecule has 98 valence electrons. The molecule has 19 heavy (non-hydrogen) atoms. The van der Waals surface area contributed by atoms with E-state index in [4.69, 9.17) is 9.84 Å². The zero-order chi connectivity index (χ0) is 13.8. The number of hydrogen-bond donors (Lipinski definition) is 1. The number of aliphatic carboxylic acids is 1. The average Bonchev–Trinajstić information content (AvgIpc) is 2.33. The maximum atomic E-state index is 10.7. The topological polar surface area (TPSA) is 72.3 Å². The third-order valence-electron chi connectivity index (χ3n) is 2.65. The van der Waals surface area contributed by atoms with Crippen LogP contribution in [0, 0.1) is 13.8 Å². The molecule has 0 aliphatic heterocycles. The molecule has 0 aliphatic carbocycles. The number of benzene rings is 1. The van der Waals surface area contributed by atoms with E-state index in [-0.39, 0.29) is 6.42 Å². The molecule has 0 saturated carbocycles. The molecule has 5 nitrogen and oxygen atoms in total. The van der Waals surface area contributed by atoms with Gasteiger partial charge in [0.1, 0.15) is 5.75 Å². The van der Waals surface area contributed by atoms with Crippen molar-refractivity contribution < 1.29 is 14.6 Å². The van der Waals surface area contributed by atoms with Crippen molar-refractivity contribution in [3.63, 3.8) is 0 Å². The van der Waals surface area contributed by atoms with Crippen LogP contribution in [-0.4, -0.2) is 21.0 Å². The lowest BCUT2D eigenvalue weighted by Crippen LogP contribution is -2.00. The molecule has 2 rings (SSSR count). The summed E-state index contributed by atoms with van der Waals surface area (Å²) in [5.41, 5.74) is 2.34. The van der Waals surface area contributed by atoms with Crippen molar-refractivity contribution in [3.8, 4) is 11.6 Å². The number of aromatic nitrogens is 2. The maximum Gasteiger partial charge on any atom is 0.307 e. The molecule has 1 aromatic heterocycles. The summed E-state index contributed by atoms with van der Waals surface area (Å²) < 4.78 is 5.57. The Morgan fingerprint density at radius 3 is 2.79 bits per heavy atom. The van der Waals surface area contributed by atoms with Crippen LogP contribution in [0.2, 0.25) is 0 Å². The number of carbonyl (C=O) groups is 1. The smallest absolute Gasteiger partial charge is 0.307 e. The van der Waals surface area contributed by atoms with Gasteiger partial charge in [-0.1, -0.05) is 12.1 Å². The highest BCUT2D eigenvalue weighted by Crippen LogP contribution is 2.20. The summed E-state index contributed by atoms with van der Waals surface area (Å²) in [6, 6.07) is 6.93. The summed E-state index contributed by atoms with van der Waals surface area (Å²) in [5, 5.41) is 8.75. The van der Waals surface area contributed by atoms with Gasteiger partial charge in [-0.25, -0.2) is 4.98 Å². The largest absolute Gasteiger partial charge is 0.481 e. The molecular formula is C14H14N2O3. The van der Waals surface area contributed by atoms with Gasteiger partial charge in [0.25, 0.3) is 0 Å². The van der Waals surface area contributed by atoms with Gasteiger partial charge in [-0.15, -0.1) is 0 Å². The van der Waals surface area contributed by atoms with E-state index in [0.717, 1.165) is 11.4 Å². The Balaban J connectivity index is 2.18. The molecule has 0 spiro atoms. The standard InChI is InChI=1S/C14H14N2O3/c1-9-10(2)16-13(8-15-9)19-12-5-3-4-11(6-12)7-14(17)18/h3-6,8H,7H2,1-2H3,(H,17,18). The Hall–Kier alpha value is -2.43. The van der Waals surface area contributed by atoms with Crippen LogP contribution in [0.15, 0.2) is 30.5 Å². The normalized spacial score (nSPS) is 10.2. The molecule has 0 atom stereocenters. The molecule has 0 saturated heterocycles. The minimum Gasteiger partial charge on any atom is -0.481 e. The number of rotatable bonds is 4. The van der Waals surface area contributed by atoms with E-state index >= 15 is 0 Å². The summed E-state index contributed by atoms with van der Waals surface area (Å²) in [6.45, 7) is 3.73. The van der Waals surface area contributed by atoms with Crippen LogP contribution in [-0.2, 0) is 11.2 Å². The van der Waals surface area contributed by atoms with Crippen molar-refractivity contribution in [1.29, 1.82) is 0 Å². The second-order valence-electron chi connectivity index (χ2n) is 4.20. The Kier molecular flexibility index (Phi) is 3.75. The average molecular weight is 258 g/mol. The van der Waals surface area contributed by atoms with Crippen molar-refractivity contribution in [1.82, 2.24) is 9.97 Å². The Labute approximate surface area is 110 Å². The number of hydrogen-bond acceptors (Lipinski definition) is 4. The first-order valence-corrected chi connectivity index (χ1v) is 5.83. The van der Waals surface area contributed by atoms with Crippen LogP contribution in [0.3, 0.4) is 0 Å². The molecule has 1 N–H and O–H groups in total. The lowest BCUT2D eigenvalue weighted by molar-refractivity contribution is -0.136. The molecule has 0 bridgehead atoms. The van der Waals surface area contributed by atoms with Gasteiger partial charge < -0.3 is 9.84 Å². The van der Waals surface area contributed by atoms with Gasteiger partial charge >= 0.3 is 5.97 Å². The Morgan fingerprint density at radius 1 is 1.32 bits per heavy atom. The van der Waals surface area contributed by atoms with Crippen molar-refractivity contribution in [2.24, 2.45) is 0 Å². The lowest BCUT2D eigenvalue weighted by Gasteiger charge is -2.07. The molecule has 0 unspecified atom stereocenters. The van der Waals surface area contributed by atoms with E-state index in [9.17, 15) is 4.79 Å². The molecule has 0 aliphatic rings. The van der Waals surface area contributed by atoms with Crippen molar-refractivity contribution in [2.75, 3.05) is 0 Å². The first-order valence-electron chi connectivity index (χ1n) is 5.83. The van der Waals surface area contributed by atoms with Crippen LogP contribution in [0.1, 0.15) is 17.0 Å². The molecule has 1 heterocycles. The number of nitrogens with zero attached hydrogens (tertiary/aromatic N) is 2. The number of aryl methyl sites for hydroxylation is 2. The third-order valence-corrected chi connectivity index (χ3v) is 2.65. The fourth-order valence-corrected chi connectivity index (χ4v) is 1.58. The SMILES string of the molecule is Cc1ncc(Oc2cccc(CC(=O)O)c2)nc1C. The predicted molar refractivity (Wildman–Crippen MR) is 69.4 cm³/mol. The van der Waals surface area contributed by atoms with Crippen LogP contribution in [0.4, 0.5) is 0 Å². The summed E-state index contributed by atoms with van der Waals surface area (Å²) in [7, 11) is 0. The van der Waals surface area contributed by atoms with Gasteiger partial charge in [0.15, 0.2) is 0 Å². The fourth-order valence-electron chi connectivity index (χ4n) is 1.58. The molecule has 0 amide bonds. The minimum absolute atomic E-state index is 0.0319. The minimum atomic E-state index is -0.872. The van der Waals surface area contributed by atoms with E-state index < -0.39 is 5.97 Å². The summed E-state index contributed by atoms with van der Waals surface area (Å²) >= 11 is 0. The second kappa shape index (κ2) is 5.48. The Bertz CT molecular complexity index is 611. The van der Waals surface area contributed by atoms with Gasteiger partial charge in [-0.05, 0) is 31.5 Å². The highest BCUT2D eigenvalue weighted by atomic mass is 16.5. The fraction of sp³-hybridized carbons (Fsp3) is 0.214. The quantitative estimate of drug-likeness (QED) is 0.912. The highest BCUT2D eigenvalue weighted by molar-refractivity contribution is 5.70. The summed E-state index contributed by atoms with van der Waals surface area (Å²) in [6.07, 6.45) is 1.52. The van der Waals surface area contributed by atoms with E-state index in [1.54, 1.807) is 30.5 Å².